The molecule has 1 aromatic rings. The smallest absolute Gasteiger partial charge is 0.330 e. The van der Waals surface area contributed by atoms with E-state index in [1.165, 1.54) is 36.6 Å². The molecule has 0 spiro atoms. The highest BCUT2D eigenvalue weighted by atomic mass is 16.6. The third-order valence-electron chi connectivity index (χ3n) is 3.69. The zero-order valence-electron chi connectivity index (χ0n) is 10.9. The van der Waals surface area contributed by atoms with Gasteiger partial charge in [-0.1, -0.05) is 26.2 Å². The van der Waals surface area contributed by atoms with E-state index in [-0.39, 0.29) is 10.6 Å². The second kappa shape index (κ2) is 5.37. The minimum Gasteiger partial charge on any atom is -0.360 e. The third kappa shape index (κ3) is 2.80. The van der Waals surface area contributed by atoms with Crippen LogP contribution in [0.25, 0.3) is 0 Å². The van der Waals surface area contributed by atoms with Gasteiger partial charge < -0.3 is 5.32 Å². The van der Waals surface area contributed by atoms with Gasteiger partial charge in [0.15, 0.2) is 0 Å². The van der Waals surface area contributed by atoms with Crippen LogP contribution in [-0.4, -0.2) is 20.7 Å². The first-order valence-electron chi connectivity index (χ1n) is 6.52. The van der Waals surface area contributed by atoms with Crippen LogP contribution in [0.3, 0.4) is 0 Å². The molecule has 0 bridgehead atoms. The van der Waals surface area contributed by atoms with Crippen LogP contribution in [0.2, 0.25) is 0 Å². The topological polar surface area (TPSA) is 73.0 Å². The molecular formula is C12H20N4O2. The van der Waals surface area contributed by atoms with Crippen LogP contribution in [0.1, 0.15) is 39.0 Å². The molecule has 1 aromatic heterocycles. The van der Waals surface area contributed by atoms with Gasteiger partial charge in [0.05, 0.1) is 4.92 Å². The van der Waals surface area contributed by atoms with Crippen molar-refractivity contribution in [2.45, 2.75) is 45.1 Å². The molecule has 2 unspecified atom stereocenters. The average Bonchev–Trinajstić information content (AvgIpc) is 2.56. The molecule has 0 saturated heterocycles. The zero-order valence-corrected chi connectivity index (χ0v) is 10.9. The van der Waals surface area contributed by atoms with E-state index in [4.69, 9.17) is 0 Å². The number of anilines is 1. The molecule has 18 heavy (non-hydrogen) atoms. The second-order valence-corrected chi connectivity index (χ2v) is 5.16. The van der Waals surface area contributed by atoms with E-state index in [1.807, 2.05) is 0 Å². The molecule has 1 heterocycles. The number of nitrogens with one attached hydrogen (secondary N) is 1. The predicted molar refractivity (Wildman–Crippen MR) is 69.5 cm³/mol. The van der Waals surface area contributed by atoms with Crippen LogP contribution in [0.5, 0.6) is 0 Å². The number of rotatable bonds is 3. The molecule has 1 fully saturated rings. The van der Waals surface area contributed by atoms with Gasteiger partial charge in [-0.3, -0.25) is 14.8 Å². The van der Waals surface area contributed by atoms with Gasteiger partial charge in [0, 0.05) is 13.1 Å². The maximum Gasteiger partial charge on any atom is 0.330 e. The van der Waals surface area contributed by atoms with E-state index >= 15 is 0 Å². The molecule has 0 amide bonds. The summed E-state index contributed by atoms with van der Waals surface area (Å²) in [6.07, 6.45) is 7.38. The van der Waals surface area contributed by atoms with E-state index in [1.54, 1.807) is 7.05 Å². The highest BCUT2D eigenvalue weighted by molar-refractivity contribution is 5.55. The summed E-state index contributed by atoms with van der Waals surface area (Å²) in [5, 5.41) is 18.4. The Hall–Kier alpha value is -1.59. The molecule has 0 aliphatic heterocycles. The highest BCUT2D eigenvalue weighted by Crippen LogP contribution is 2.29. The lowest BCUT2D eigenvalue weighted by Crippen LogP contribution is -2.26. The molecule has 2 rings (SSSR count). The number of aromatic nitrogens is 2. The first-order valence-corrected chi connectivity index (χ1v) is 6.52. The van der Waals surface area contributed by atoms with E-state index in [0.717, 1.165) is 6.42 Å². The Labute approximate surface area is 107 Å². The molecule has 2 atom stereocenters. The van der Waals surface area contributed by atoms with Gasteiger partial charge in [0.2, 0.25) is 5.82 Å². The fourth-order valence-electron chi connectivity index (χ4n) is 2.60. The summed E-state index contributed by atoms with van der Waals surface area (Å²) in [4.78, 5) is 10.6. The maximum absolute atomic E-state index is 10.9. The van der Waals surface area contributed by atoms with Crippen LogP contribution < -0.4 is 5.32 Å². The van der Waals surface area contributed by atoms with Gasteiger partial charge >= 0.3 is 5.69 Å². The van der Waals surface area contributed by atoms with Crippen molar-refractivity contribution in [1.82, 2.24) is 9.78 Å². The molecule has 6 heteroatoms. The maximum atomic E-state index is 10.9. The monoisotopic (exact) mass is 252 g/mol. The largest absolute Gasteiger partial charge is 0.360 e. The Balaban J connectivity index is 2.14. The lowest BCUT2D eigenvalue weighted by molar-refractivity contribution is -0.384. The Morgan fingerprint density at radius 1 is 1.44 bits per heavy atom. The summed E-state index contributed by atoms with van der Waals surface area (Å²) in [5.74, 6) is 0.940. The lowest BCUT2D eigenvalue weighted by atomic mass is 9.97. The second-order valence-electron chi connectivity index (χ2n) is 5.16. The summed E-state index contributed by atoms with van der Waals surface area (Å²) in [7, 11) is 1.70. The van der Waals surface area contributed by atoms with E-state index in [0.29, 0.717) is 17.8 Å². The molecule has 0 aromatic carbocycles. The number of hydrogen-bond donors (Lipinski definition) is 1. The molecule has 6 nitrogen and oxygen atoms in total. The average molecular weight is 252 g/mol. The van der Waals surface area contributed by atoms with E-state index < -0.39 is 0 Å². The number of nitrogens with zero attached hydrogens (tertiary/aromatic N) is 3. The van der Waals surface area contributed by atoms with Gasteiger partial charge in [0.25, 0.3) is 0 Å². The predicted octanol–water partition coefficient (Wildman–Crippen LogP) is 2.71. The Bertz CT molecular complexity index is 430. The van der Waals surface area contributed by atoms with Crippen molar-refractivity contribution in [2.24, 2.45) is 13.0 Å². The van der Waals surface area contributed by atoms with Gasteiger partial charge in [-0.25, -0.2) is 0 Å². The summed E-state index contributed by atoms with van der Waals surface area (Å²) in [6, 6.07) is 0.293. The van der Waals surface area contributed by atoms with Crippen molar-refractivity contribution in [3.05, 3.63) is 16.3 Å². The lowest BCUT2D eigenvalue weighted by Gasteiger charge is -2.22. The molecule has 100 valence electrons. The van der Waals surface area contributed by atoms with Crippen LogP contribution in [-0.2, 0) is 7.05 Å². The third-order valence-corrected chi connectivity index (χ3v) is 3.69. The summed E-state index contributed by atoms with van der Waals surface area (Å²) in [5.41, 5.74) is 0.0638. The zero-order chi connectivity index (χ0) is 13.1. The first-order chi connectivity index (χ1) is 8.58. The number of aryl methyl sites for hydroxylation is 1. The Morgan fingerprint density at radius 2 is 2.17 bits per heavy atom. The first kappa shape index (κ1) is 12.9. The van der Waals surface area contributed by atoms with Crippen LogP contribution in [0.4, 0.5) is 11.5 Å². The van der Waals surface area contributed by atoms with Gasteiger partial charge in [-0.15, -0.1) is 5.10 Å². The molecular weight excluding hydrogens is 232 g/mol. The molecule has 1 aliphatic rings. The molecule has 1 saturated carbocycles. The normalized spacial score (nSPS) is 24.6. The quantitative estimate of drug-likeness (QED) is 0.510. The standard InChI is InChI=1S/C12H20N4O2/c1-9-6-4-3-5-7-10(9)13-12-11(16(17)18)8-15(2)14-12/h8-10H,3-7H2,1-2H3,(H,13,14). The highest BCUT2D eigenvalue weighted by Gasteiger charge is 2.25. The fraction of sp³-hybridized carbons (Fsp3) is 0.750. The van der Waals surface area contributed by atoms with Gasteiger partial charge in [0.1, 0.15) is 6.20 Å². The van der Waals surface area contributed by atoms with E-state index in [2.05, 4.69) is 17.3 Å². The van der Waals surface area contributed by atoms with Crippen molar-refractivity contribution >= 4 is 11.5 Å². The van der Waals surface area contributed by atoms with Crippen molar-refractivity contribution in [3.8, 4) is 0 Å². The van der Waals surface area contributed by atoms with Crippen molar-refractivity contribution in [1.29, 1.82) is 0 Å². The van der Waals surface area contributed by atoms with Crippen LogP contribution in [0, 0.1) is 16.0 Å². The number of hydrogen-bond acceptors (Lipinski definition) is 4. The van der Waals surface area contributed by atoms with Crippen molar-refractivity contribution in [3.63, 3.8) is 0 Å². The van der Waals surface area contributed by atoms with Crippen LogP contribution in [0.15, 0.2) is 6.20 Å². The van der Waals surface area contributed by atoms with Crippen LogP contribution >= 0.6 is 0 Å². The van der Waals surface area contributed by atoms with Crippen molar-refractivity contribution < 1.29 is 4.92 Å². The van der Waals surface area contributed by atoms with Crippen molar-refractivity contribution in [2.75, 3.05) is 5.32 Å². The Kier molecular flexibility index (Phi) is 3.84. The summed E-state index contributed by atoms with van der Waals surface area (Å²) >= 11 is 0. The molecule has 0 radical (unpaired) electrons. The summed E-state index contributed by atoms with van der Waals surface area (Å²) < 4.78 is 1.49. The number of nitro groups is 1. The minimum absolute atomic E-state index is 0.0638. The molecule has 1 aliphatic carbocycles. The minimum atomic E-state index is -0.378. The van der Waals surface area contributed by atoms with E-state index in [9.17, 15) is 10.1 Å². The SMILES string of the molecule is CC1CCCCCC1Nc1nn(C)cc1[N+](=O)[O-]. The Morgan fingerprint density at radius 3 is 2.89 bits per heavy atom. The van der Waals surface area contributed by atoms with Gasteiger partial charge in [-0.2, -0.15) is 0 Å². The molecule has 1 N–H and O–H groups in total. The fourth-order valence-corrected chi connectivity index (χ4v) is 2.60. The van der Waals surface area contributed by atoms with Gasteiger partial charge in [-0.05, 0) is 18.8 Å². The summed E-state index contributed by atoms with van der Waals surface area (Å²) in [6.45, 7) is 2.21.